The van der Waals surface area contributed by atoms with Gasteiger partial charge >= 0.3 is 18.5 Å². The van der Waals surface area contributed by atoms with Gasteiger partial charge < -0.3 is 42.9 Å². The van der Waals surface area contributed by atoms with Crippen molar-refractivity contribution in [2.75, 3.05) is 13.1 Å². The third-order valence-electron chi connectivity index (χ3n) is 13.1. The quantitative estimate of drug-likeness (QED) is 0.160. The fourth-order valence-corrected chi connectivity index (χ4v) is 10.2. The molecule has 0 radical (unpaired) electrons. The number of carbonyl (C=O) groups excluding carboxylic acids is 2. The third kappa shape index (κ3) is 11.8. The number of likely N-dealkylation sites (tertiary alicyclic amines) is 2. The number of aliphatic hydroxyl groups excluding tert-OH is 1. The van der Waals surface area contributed by atoms with E-state index >= 15 is 0 Å². The molecule has 4 aliphatic carbocycles. The molecule has 364 valence electrons. The van der Waals surface area contributed by atoms with Crippen LogP contribution in [0.1, 0.15) is 133 Å². The Morgan fingerprint density at radius 2 is 1.24 bits per heavy atom. The average molecular weight is 1000 g/mol. The van der Waals surface area contributed by atoms with Gasteiger partial charge in [-0.1, -0.05) is 62.6 Å². The molecule has 13 nitrogen and oxygen atoms in total. The van der Waals surface area contributed by atoms with Gasteiger partial charge in [-0.2, -0.15) is 0 Å². The van der Waals surface area contributed by atoms with E-state index < -0.39 is 17.6 Å². The van der Waals surface area contributed by atoms with Gasteiger partial charge in [-0.3, -0.25) is 0 Å². The topological polar surface area (TPSA) is 150 Å². The van der Waals surface area contributed by atoms with E-state index in [2.05, 4.69) is 56.1 Å². The van der Waals surface area contributed by atoms with Gasteiger partial charge in [-0.25, -0.2) is 9.59 Å². The number of aliphatic hydroxyl groups is 1. The van der Waals surface area contributed by atoms with E-state index in [1.165, 1.54) is 47.7 Å². The lowest BCUT2D eigenvalue weighted by Gasteiger charge is -2.33. The zero-order valence-electron chi connectivity index (χ0n) is 39.2. The maximum Gasteiger partial charge on any atom is 0.573 e. The fraction of sp³-hybridized carbons (Fsp3) is 0.600. The maximum absolute atomic E-state index is 13.0. The molecule has 10 rings (SSSR count). The van der Waals surface area contributed by atoms with E-state index in [4.69, 9.17) is 23.3 Å². The maximum atomic E-state index is 13.0. The van der Waals surface area contributed by atoms with Crippen molar-refractivity contribution in [2.45, 2.75) is 165 Å². The summed E-state index contributed by atoms with van der Waals surface area (Å²) in [7, 11) is 0. The summed E-state index contributed by atoms with van der Waals surface area (Å²) in [6, 6.07) is 14.5. The minimum absolute atomic E-state index is 0.0600. The minimum atomic E-state index is -4.82. The Bertz CT molecular complexity index is 2380. The first-order valence-corrected chi connectivity index (χ1v) is 24.5. The molecule has 67 heavy (non-hydrogen) atoms. The zero-order valence-corrected chi connectivity index (χ0v) is 40.8. The molecule has 6 atom stereocenters. The number of hydrogen-bond acceptors (Lipinski definition) is 11. The van der Waals surface area contributed by atoms with Crippen LogP contribution < -0.4 is 4.74 Å². The number of nitrogens with zero attached hydrogens (tertiary/aromatic N) is 4. The summed E-state index contributed by atoms with van der Waals surface area (Å²) >= 11 is 3.56. The number of rotatable bonds is 9. The molecule has 2 amide bonds. The van der Waals surface area contributed by atoms with Crippen LogP contribution in [0.2, 0.25) is 0 Å². The van der Waals surface area contributed by atoms with Gasteiger partial charge in [-0.05, 0) is 118 Å². The largest absolute Gasteiger partial charge is 0.573 e. The van der Waals surface area contributed by atoms with E-state index in [1.807, 2.05) is 47.6 Å². The van der Waals surface area contributed by atoms with Crippen molar-refractivity contribution < 1.29 is 55.9 Å². The number of piperidine rings is 2. The molecule has 2 aromatic carbocycles. The lowest BCUT2D eigenvalue weighted by atomic mass is 10.0. The normalized spacial score (nSPS) is 24.2. The number of carbonyl (C=O) groups is 2. The number of ether oxygens (including phenoxy) is 4. The second-order valence-corrected chi connectivity index (χ2v) is 21.3. The van der Waals surface area contributed by atoms with Crippen molar-refractivity contribution in [3.63, 3.8) is 0 Å². The van der Waals surface area contributed by atoms with Gasteiger partial charge in [0, 0.05) is 76.4 Å². The van der Waals surface area contributed by atoms with Gasteiger partial charge in [0.15, 0.2) is 0 Å². The highest BCUT2D eigenvalue weighted by Gasteiger charge is 2.49. The molecule has 4 heterocycles. The summed E-state index contributed by atoms with van der Waals surface area (Å²) in [5, 5.41) is 18.8. The van der Waals surface area contributed by atoms with Gasteiger partial charge in [0.05, 0.1) is 18.8 Å². The van der Waals surface area contributed by atoms with Crippen LogP contribution in [0.25, 0.3) is 22.5 Å². The summed E-state index contributed by atoms with van der Waals surface area (Å²) in [6.07, 6.45) is 1.92. The Morgan fingerprint density at radius 1 is 0.731 bits per heavy atom. The Balaban J connectivity index is 0.000000157. The molecule has 2 aliphatic heterocycles. The fourth-order valence-electron chi connectivity index (χ4n) is 9.70. The standard InChI is InChI=1S/C25H29F3N2O5.C14H14BrNO.C11H19NO3/c1-24(2,3)34-23(31)30-12-15-10-16(30)11-20(15)32-13-18-21(29-35-22(18)14-8-9-14)17-6-4-5-7-19(17)33-25(26,27)28;1-9-4-2-3-5-11(9)13-12(8-15)14(17-16-13)10-6-7-10;1-11(2,3)15-10(14)12-6-7-4-8(12)5-9(7)13/h4-7,14-16,20H,8-13H2,1-3H3;2-5,10H,6-8H2,1H3;7-9,13H,4-6H2,1-3H3/t15-,16-,20+;;7-,8-,9+/m0.0/s1. The monoisotopic (exact) mass is 998 g/mol. The van der Waals surface area contributed by atoms with Gasteiger partial charge in [0.2, 0.25) is 0 Å². The van der Waals surface area contributed by atoms with Crippen molar-refractivity contribution in [1.29, 1.82) is 0 Å². The molecule has 0 unspecified atom stereocenters. The van der Waals surface area contributed by atoms with Crippen LogP contribution >= 0.6 is 15.9 Å². The van der Waals surface area contributed by atoms with Crippen LogP contribution in [0.4, 0.5) is 22.8 Å². The molecule has 6 fully saturated rings. The highest BCUT2D eigenvalue weighted by Crippen LogP contribution is 2.48. The smallest absolute Gasteiger partial charge is 0.444 e. The third-order valence-corrected chi connectivity index (χ3v) is 13.7. The van der Waals surface area contributed by atoms with E-state index in [1.54, 1.807) is 15.9 Å². The number of para-hydroxylation sites is 1. The van der Waals surface area contributed by atoms with Crippen molar-refractivity contribution in [1.82, 2.24) is 20.1 Å². The lowest BCUT2D eigenvalue weighted by molar-refractivity contribution is -0.274. The highest BCUT2D eigenvalue weighted by molar-refractivity contribution is 9.08. The molecule has 4 aromatic rings. The van der Waals surface area contributed by atoms with Gasteiger partial charge in [0.25, 0.3) is 0 Å². The first-order chi connectivity index (χ1) is 31.7. The summed E-state index contributed by atoms with van der Waals surface area (Å²) in [5.74, 6) is 2.68. The Labute approximate surface area is 398 Å². The number of aryl methyl sites for hydroxylation is 1. The first-order valence-electron chi connectivity index (χ1n) is 23.4. The van der Waals surface area contributed by atoms with E-state index in [0.29, 0.717) is 48.9 Å². The van der Waals surface area contributed by atoms with Crippen LogP contribution in [0.3, 0.4) is 0 Å². The second-order valence-electron chi connectivity index (χ2n) is 20.7. The number of halogens is 4. The summed E-state index contributed by atoms with van der Waals surface area (Å²) in [4.78, 5) is 27.8. The molecular weight excluding hydrogens is 937 g/mol. The van der Waals surface area contributed by atoms with Crippen LogP contribution in [-0.4, -0.2) is 92.4 Å². The molecule has 2 aromatic heterocycles. The Hall–Kier alpha value is -4.61. The molecule has 6 aliphatic rings. The predicted molar refractivity (Wildman–Crippen MR) is 245 cm³/mol. The van der Waals surface area contributed by atoms with E-state index in [0.717, 1.165) is 42.5 Å². The lowest BCUT2D eigenvalue weighted by Crippen LogP contribution is -2.44. The molecule has 4 bridgehead atoms. The van der Waals surface area contributed by atoms with Crippen molar-refractivity contribution in [2.24, 2.45) is 11.8 Å². The number of aromatic nitrogens is 2. The SMILES string of the molecule is CC(C)(C)OC(=O)N1C[C@@H]2C[C@H]1C[C@H]2O.CC(C)(C)OC(=O)N1C[C@@H]2C[C@H]1C[C@H]2OCc1c(-c2ccccc2OC(F)(F)F)noc1C1CC1.Cc1ccccc1-c1noc(C2CC2)c1CBr. The number of fused-ring (bicyclic) bond motifs is 4. The van der Waals surface area contributed by atoms with Gasteiger partial charge in [0.1, 0.15) is 39.9 Å². The minimum Gasteiger partial charge on any atom is -0.444 e. The number of alkyl halides is 4. The van der Waals surface area contributed by atoms with Crippen LogP contribution in [0.15, 0.2) is 57.6 Å². The van der Waals surface area contributed by atoms with Gasteiger partial charge in [-0.15, -0.1) is 13.2 Å². The van der Waals surface area contributed by atoms with Crippen LogP contribution in [-0.2, 0) is 26.1 Å². The average Bonchev–Trinajstić information content (AvgIpc) is 3.90. The molecule has 4 saturated carbocycles. The van der Waals surface area contributed by atoms with Crippen molar-refractivity contribution in [3.8, 4) is 28.3 Å². The predicted octanol–water partition coefficient (Wildman–Crippen LogP) is 11.8. The number of benzene rings is 2. The molecule has 1 N–H and O–H groups in total. The zero-order chi connectivity index (χ0) is 48.0. The Kier molecular flexibility index (Phi) is 14.1. The van der Waals surface area contributed by atoms with Crippen LogP contribution in [0, 0.1) is 18.8 Å². The summed E-state index contributed by atoms with van der Waals surface area (Å²) in [6.45, 7) is 14.6. The second kappa shape index (κ2) is 19.4. The van der Waals surface area contributed by atoms with E-state index in [9.17, 15) is 27.9 Å². The molecule has 2 saturated heterocycles. The van der Waals surface area contributed by atoms with Crippen molar-refractivity contribution in [3.05, 3.63) is 76.7 Å². The number of amides is 2. The highest BCUT2D eigenvalue weighted by atomic mass is 79.9. The van der Waals surface area contributed by atoms with E-state index in [-0.39, 0.29) is 72.2 Å². The summed E-state index contributed by atoms with van der Waals surface area (Å²) < 4.78 is 71.4. The molecule has 17 heteroatoms. The first kappa shape index (κ1) is 48.8. The summed E-state index contributed by atoms with van der Waals surface area (Å²) in [5.41, 5.74) is 4.85. The molecular formula is C50H62BrF3N4O9. The van der Waals surface area contributed by atoms with Crippen molar-refractivity contribution >= 4 is 28.1 Å². The number of hydrogen-bond donors (Lipinski definition) is 1. The molecule has 0 spiro atoms. The Morgan fingerprint density at radius 3 is 1.72 bits per heavy atom. The van der Waals surface area contributed by atoms with Crippen LogP contribution in [0.5, 0.6) is 5.75 Å².